The molecule has 90 valence electrons. The zero-order chi connectivity index (χ0) is 11.7. The van der Waals surface area contributed by atoms with Gasteiger partial charge in [-0.1, -0.05) is 12.0 Å². The van der Waals surface area contributed by atoms with Crippen molar-refractivity contribution in [2.24, 2.45) is 5.92 Å². The maximum absolute atomic E-state index is 5.90. The molecule has 0 bridgehead atoms. The van der Waals surface area contributed by atoms with Crippen LogP contribution < -0.4 is 4.90 Å². The molecule has 1 aromatic heterocycles. The van der Waals surface area contributed by atoms with Crippen LogP contribution in [0, 0.1) is 5.92 Å². The second-order valence-corrected chi connectivity index (χ2v) is 5.37. The first-order valence-corrected chi connectivity index (χ1v) is 6.25. The molecule has 3 atom stereocenters. The summed E-state index contributed by atoms with van der Waals surface area (Å²) in [7, 11) is 0. The smallest absolute Gasteiger partial charge is 0.318 e. The fourth-order valence-corrected chi connectivity index (χ4v) is 2.28. The lowest BCUT2D eigenvalue weighted by molar-refractivity contribution is 0.353. The van der Waals surface area contributed by atoms with Gasteiger partial charge < -0.3 is 9.32 Å². The van der Waals surface area contributed by atoms with E-state index in [1.165, 1.54) is 12.8 Å². The van der Waals surface area contributed by atoms with Gasteiger partial charge in [0.1, 0.15) is 5.38 Å². The summed E-state index contributed by atoms with van der Waals surface area (Å²) in [5, 5.41) is 7.79. The van der Waals surface area contributed by atoms with Crippen LogP contribution in [0.25, 0.3) is 0 Å². The van der Waals surface area contributed by atoms with E-state index < -0.39 is 0 Å². The molecule has 1 aromatic rings. The van der Waals surface area contributed by atoms with Crippen molar-refractivity contribution in [1.29, 1.82) is 0 Å². The SMILES string of the molecule is CC1CCN(c2nnc(C(C)Cl)o2)C(C)C1. The Morgan fingerprint density at radius 2 is 2.19 bits per heavy atom. The van der Waals surface area contributed by atoms with Crippen LogP contribution in [-0.2, 0) is 0 Å². The second-order valence-electron chi connectivity index (χ2n) is 4.71. The lowest BCUT2D eigenvalue weighted by Crippen LogP contribution is -2.40. The average molecular weight is 244 g/mol. The first kappa shape index (κ1) is 11.7. The summed E-state index contributed by atoms with van der Waals surface area (Å²) in [4.78, 5) is 2.18. The van der Waals surface area contributed by atoms with Crippen LogP contribution in [0.2, 0.25) is 0 Å². The third kappa shape index (κ3) is 2.32. The molecule has 0 saturated carbocycles. The topological polar surface area (TPSA) is 42.2 Å². The average Bonchev–Trinajstić information content (AvgIpc) is 2.66. The Bertz CT molecular complexity index is 353. The molecular formula is C11H18ClN3O. The van der Waals surface area contributed by atoms with Crippen molar-refractivity contribution < 1.29 is 4.42 Å². The van der Waals surface area contributed by atoms with Gasteiger partial charge >= 0.3 is 6.01 Å². The first-order chi connectivity index (χ1) is 7.58. The molecule has 4 nitrogen and oxygen atoms in total. The van der Waals surface area contributed by atoms with Gasteiger partial charge in [-0.3, -0.25) is 0 Å². The minimum atomic E-state index is -0.222. The van der Waals surface area contributed by atoms with Gasteiger partial charge in [0.2, 0.25) is 5.89 Å². The number of nitrogens with zero attached hydrogens (tertiary/aromatic N) is 3. The zero-order valence-electron chi connectivity index (χ0n) is 9.98. The van der Waals surface area contributed by atoms with Crippen LogP contribution in [0.5, 0.6) is 0 Å². The minimum absolute atomic E-state index is 0.222. The molecular weight excluding hydrogens is 226 g/mol. The number of alkyl halides is 1. The Morgan fingerprint density at radius 3 is 2.75 bits per heavy atom. The van der Waals surface area contributed by atoms with Gasteiger partial charge in [-0.25, -0.2) is 0 Å². The molecule has 0 aromatic carbocycles. The van der Waals surface area contributed by atoms with Crippen molar-refractivity contribution in [3.05, 3.63) is 5.89 Å². The Kier molecular flexibility index (Phi) is 3.38. The van der Waals surface area contributed by atoms with Gasteiger partial charge in [0, 0.05) is 12.6 Å². The standard InChI is InChI=1S/C11H18ClN3O/c1-7-4-5-15(8(2)6-7)11-14-13-10(16-11)9(3)12/h7-9H,4-6H2,1-3H3. The van der Waals surface area contributed by atoms with E-state index >= 15 is 0 Å². The molecule has 1 saturated heterocycles. The van der Waals surface area contributed by atoms with Crippen LogP contribution >= 0.6 is 11.6 Å². The molecule has 0 amide bonds. The van der Waals surface area contributed by atoms with E-state index in [4.69, 9.17) is 16.0 Å². The molecule has 1 aliphatic rings. The molecule has 2 rings (SSSR count). The summed E-state index contributed by atoms with van der Waals surface area (Å²) in [5.41, 5.74) is 0. The quantitative estimate of drug-likeness (QED) is 0.749. The Hall–Kier alpha value is -0.770. The molecule has 3 unspecified atom stereocenters. The van der Waals surface area contributed by atoms with E-state index in [2.05, 4.69) is 28.9 Å². The summed E-state index contributed by atoms with van der Waals surface area (Å²) >= 11 is 5.90. The number of hydrogen-bond donors (Lipinski definition) is 0. The number of rotatable bonds is 2. The van der Waals surface area contributed by atoms with Crippen LogP contribution in [0.1, 0.15) is 44.9 Å². The van der Waals surface area contributed by atoms with Gasteiger partial charge in [-0.2, -0.15) is 0 Å². The molecule has 0 radical (unpaired) electrons. The summed E-state index contributed by atoms with van der Waals surface area (Å²) in [6.07, 6.45) is 2.35. The summed E-state index contributed by atoms with van der Waals surface area (Å²) in [6, 6.07) is 1.07. The minimum Gasteiger partial charge on any atom is -0.406 e. The van der Waals surface area contributed by atoms with Crippen molar-refractivity contribution >= 4 is 17.6 Å². The molecule has 16 heavy (non-hydrogen) atoms. The van der Waals surface area contributed by atoms with E-state index in [9.17, 15) is 0 Å². The maximum Gasteiger partial charge on any atom is 0.318 e. The van der Waals surface area contributed by atoms with Crippen LogP contribution in [-0.4, -0.2) is 22.8 Å². The van der Waals surface area contributed by atoms with Crippen LogP contribution in [0.4, 0.5) is 6.01 Å². The normalized spacial score (nSPS) is 28.1. The van der Waals surface area contributed by atoms with E-state index in [1.807, 2.05) is 6.92 Å². The maximum atomic E-state index is 5.90. The second kappa shape index (κ2) is 4.62. The fourth-order valence-electron chi connectivity index (χ4n) is 2.19. The van der Waals surface area contributed by atoms with E-state index in [0.717, 1.165) is 12.5 Å². The summed E-state index contributed by atoms with van der Waals surface area (Å²) in [5.74, 6) is 1.28. The molecule has 0 spiro atoms. The number of hydrogen-bond acceptors (Lipinski definition) is 4. The Labute approximate surface area is 101 Å². The van der Waals surface area contributed by atoms with Crippen molar-refractivity contribution in [3.63, 3.8) is 0 Å². The molecule has 2 heterocycles. The van der Waals surface area contributed by atoms with Gasteiger partial charge in [0.25, 0.3) is 0 Å². The molecule has 1 aliphatic heterocycles. The highest BCUT2D eigenvalue weighted by molar-refractivity contribution is 6.20. The molecule has 5 heteroatoms. The Balaban J connectivity index is 2.11. The lowest BCUT2D eigenvalue weighted by atomic mass is 9.94. The number of aromatic nitrogens is 2. The number of piperidine rings is 1. The van der Waals surface area contributed by atoms with E-state index in [-0.39, 0.29) is 5.38 Å². The van der Waals surface area contributed by atoms with Gasteiger partial charge in [-0.15, -0.1) is 16.7 Å². The third-order valence-corrected chi connectivity index (χ3v) is 3.34. The van der Waals surface area contributed by atoms with Gasteiger partial charge in [0.05, 0.1) is 0 Å². The van der Waals surface area contributed by atoms with Crippen molar-refractivity contribution in [2.45, 2.75) is 45.0 Å². The highest BCUT2D eigenvalue weighted by atomic mass is 35.5. The largest absolute Gasteiger partial charge is 0.406 e. The first-order valence-electron chi connectivity index (χ1n) is 5.82. The monoisotopic (exact) mass is 243 g/mol. The fraction of sp³-hybridized carbons (Fsp3) is 0.818. The summed E-state index contributed by atoms with van der Waals surface area (Å²) < 4.78 is 5.56. The predicted octanol–water partition coefficient (Wildman–Crippen LogP) is 2.99. The summed E-state index contributed by atoms with van der Waals surface area (Å²) in [6.45, 7) is 7.30. The predicted molar refractivity (Wildman–Crippen MR) is 63.8 cm³/mol. The van der Waals surface area contributed by atoms with Gasteiger partial charge in [-0.05, 0) is 32.6 Å². The number of halogens is 1. The third-order valence-electron chi connectivity index (χ3n) is 3.15. The highest BCUT2D eigenvalue weighted by Crippen LogP contribution is 2.28. The van der Waals surface area contributed by atoms with Crippen molar-refractivity contribution in [2.75, 3.05) is 11.4 Å². The highest BCUT2D eigenvalue weighted by Gasteiger charge is 2.27. The molecule has 0 N–H and O–H groups in total. The van der Waals surface area contributed by atoms with Crippen LogP contribution in [0.3, 0.4) is 0 Å². The lowest BCUT2D eigenvalue weighted by Gasteiger charge is -2.34. The van der Waals surface area contributed by atoms with E-state index in [0.29, 0.717) is 17.9 Å². The molecule has 0 aliphatic carbocycles. The molecule has 1 fully saturated rings. The van der Waals surface area contributed by atoms with Crippen LogP contribution in [0.15, 0.2) is 4.42 Å². The van der Waals surface area contributed by atoms with E-state index in [1.54, 1.807) is 0 Å². The van der Waals surface area contributed by atoms with Crippen molar-refractivity contribution in [3.8, 4) is 0 Å². The Morgan fingerprint density at radius 1 is 1.44 bits per heavy atom. The number of anilines is 1. The van der Waals surface area contributed by atoms with Gasteiger partial charge in [0.15, 0.2) is 0 Å². The zero-order valence-corrected chi connectivity index (χ0v) is 10.7. The van der Waals surface area contributed by atoms with Crippen molar-refractivity contribution in [1.82, 2.24) is 10.2 Å².